The number of aryl methyl sites for hydroxylation is 1. The second-order valence-corrected chi connectivity index (χ2v) is 5.55. The van der Waals surface area contributed by atoms with Gasteiger partial charge in [-0.1, -0.05) is 29.8 Å². The number of urea groups is 1. The lowest BCUT2D eigenvalue weighted by Crippen LogP contribution is -2.62. The molecule has 0 saturated heterocycles. The topological polar surface area (TPSA) is 44.7 Å². The molecule has 0 saturated carbocycles. The molecular weight excluding hydrogens is 307 g/mol. The molecule has 0 fully saturated rings. The number of carbonyl (C=O) groups is 1. The van der Waals surface area contributed by atoms with E-state index in [1.54, 1.807) is 32.1 Å². The molecule has 1 aromatic rings. The maximum Gasteiger partial charge on any atom is 0.436 e. The summed E-state index contributed by atoms with van der Waals surface area (Å²) in [4.78, 5) is 17.1. The van der Waals surface area contributed by atoms with Gasteiger partial charge >= 0.3 is 12.2 Å². The predicted molar refractivity (Wildman–Crippen MR) is 79.6 cm³/mol. The summed E-state index contributed by atoms with van der Waals surface area (Å²) in [6.45, 7) is 3.50. The molecule has 3 rings (SSSR count). The Kier molecular flexibility index (Phi) is 3.31. The Hall–Kier alpha value is -2.57. The molecule has 0 bridgehead atoms. The van der Waals surface area contributed by atoms with Crippen molar-refractivity contribution in [1.82, 2.24) is 10.2 Å². The number of fused-ring (bicyclic) bond motifs is 1. The van der Waals surface area contributed by atoms with Crippen LogP contribution in [0.5, 0.6) is 0 Å². The number of amidine groups is 1. The van der Waals surface area contributed by atoms with Gasteiger partial charge in [0, 0.05) is 11.8 Å². The number of amides is 2. The predicted octanol–water partition coefficient (Wildman–Crippen LogP) is 3.61. The van der Waals surface area contributed by atoms with Crippen LogP contribution in [0.4, 0.5) is 18.0 Å². The van der Waals surface area contributed by atoms with E-state index in [0.29, 0.717) is 0 Å². The highest BCUT2D eigenvalue weighted by Gasteiger charge is 2.60. The van der Waals surface area contributed by atoms with Crippen LogP contribution in [0.25, 0.3) is 0 Å². The molecule has 2 aliphatic rings. The number of halogens is 3. The fourth-order valence-corrected chi connectivity index (χ4v) is 2.49. The molecule has 1 N–H and O–H groups in total. The molecule has 2 amide bonds. The fraction of sp³-hybridized carbons (Fsp3) is 0.250. The first-order chi connectivity index (χ1) is 10.7. The van der Waals surface area contributed by atoms with Crippen LogP contribution in [0.15, 0.2) is 53.2 Å². The van der Waals surface area contributed by atoms with Gasteiger partial charge in [-0.25, -0.2) is 9.79 Å². The zero-order valence-corrected chi connectivity index (χ0v) is 12.5. The Balaban J connectivity index is 2.22. The smallest absolute Gasteiger partial charge is 0.301 e. The summed E-state index contributed by atoms with van der Waals surface area (Å²) in [7, 11) is 0. The van der Waals surface area contributed by atoms with E-state index in [2.05, 4.69) is 4.99 Å². The fourth-order valence-electron chi connectivity index (χ4n) is 2.49. The molecule has 0 aromatic heterocycles. The maximum atomic E-state index is 13.8. The number of rotatable bonds is 1. The molecule has 0 spiro atoms. The standard InChI is InChI=1S/C16H14F3N3O/c1-10-3-5-12(6-4-10)15(16(17,18)19)20-13-9-11(2)7-8-22(13)14(23)21-15/h3-9H,1-2H3,(H,21,23). The van der Waals surface area contributed by atoms with Gasteiger partial charge in [0.1, 0.15) is 5.84 Å². The number of aliphatic imine (C=N–C) groups is 1. The van der Waals surface area contributed by atoms with Crippen molar-refractivity contribution in [3.63, 3.8) is 0 Å². The average molecular weight is 321 g/mol. The first kappa shape index (κ1) is 15.3. The number of hydrogen-bond acceptors (Lipinski definition) is 2. The van der Waals surface area contributed by atoms with Crippen molar-refractivity contribution < 1.29 is 18.0 Å². The number of carbonyl (C=O) groups excluding carboxylic acids is 1. The van der Waals surface area contributed by atoms with Crippen molar-refractivity contribution >= 4 is 11.9 Å². The highest BCUT2D eigenvalue weighted by atomic mass is 19.4. The number of hydrogen-bond donors (Lipinski definition) is 1. The van der Waals surface area contributed by atoms with Gasteiger partial charge in [-0.15, -0.1) is 0 Å². The quantitative estimate of drug-likeness (QED) is 0.844. The summed E-state index contributed by atoms with van der Waals surface area (Å²) in [6, 6.07) is 4.91. The molecular formula is C16H14F3N3O. The zero-order chi connectivity index (χ0) is 16.8. The van der Waals surface area contributed by atoms with Crippen molar-refractivity contribution in [1.29, 1.82) is 0 Å². The Labute approximate surface area is 131 Å². The van der Waals surface area contributed by atoms with E-state index in [4.69, 9.17) is 0 Å². The van der Waals surface area contributed by atoms with E-state index < -0.39 is 17.9 Å². The van der Waals surface area contributed by atoms with Gasteiger partial charge in [-0.3, -0.25) is 4.90 Å². The normalized spacial score (nSPS) is 23.9. The summed E-state index contributed by atoms with van der Waals surface area (Å²) in [5.74, 6) is -0.0355. The minimum atomic E-state index is -4.78. The molecule has 1 unspecified atom stereocenters. The lowest BCUT2D eigenvalue weighted by atomic mass is 9.96. The van der Waals surface area contributed by atoms with E-state index in [9.17, 15) is 18.0 Å². The van der Waals surface area contributed by atoms with Crippen molar-refractivity contribution in [2.75, 3.05) is 0 Å². The number of alkyl halides is 3. The van der Waals surface area contributed by atoms with Gasteiger partial charge < -0.3 is 5.32 Å². The van der Waals surface area contributed by atoms with Crippen LogP contribution in [-0.4, -0.2) is 22.9 Å². The second-order valence-electron chi connectivity index (χ2n) is 5.55. The Morgan fingerprint density at radius 2 is 1.83 bits per heavy atom. The first-order valence-corrected chi connectivity index (χ1v) is 6.94. The minimum absolute atomic E-state index is 0.0355. The summed E-state index contributed by atoms with van der Waals surface area (Å²) in [5, 5.41) is 2.01. The molecule has 7 heteroatoms. The number of nitrogens with one attached hydrogen (secondary N) is 1. The van der Waals surface area contributed by atoms with Crippen LogP contribution in [0.2, 0.25) is 0 Å². The van der Waals surface area contributed by atoms with Crippen LogP contribution in [-0.2, 0) is 5.66 Å². The molecule has 4 nitrogen and oxygen atoms in total. The summed E-state index contributed by atoms with van der Waals surface area (Å²) in [5.41, 5.74) is -1.38. The molecule has 23 heavy (non-hydrogen) atoms. The van der Waals surface area contributed by atoms with Crippen molar-refractivity contribution in [2.45, 2.75) is 25.7 Å². The Bertz CT molecular complexity index is 747. The van der Waals surface area contributed by atoms with Crippen LogP contribution >= 0.6 is 0 Å². The third-order valence-electron chi connectivity index (χ3n) is 3.76. The first-order valence-electron chi connectivity index (χ1n) is 6.94. The lowest BCUT2D eigenvalue weighted by molar-refractivity contribution is -0.196. The van der Waals surface area contributed by atoms with Gasteiger partial charge in [-0.2, -0.15) is 13.2 Å². The van der Waals surface area contributed by atoms with Crippen LogP contribution in [0.3, 0.4) is 0 Å². The lowest BCUT2D eigenvalue weighted by Gasteiger charge is -2.40. The van der Waals surface area contributed by atoms with Crippen molar-refractivity contribution in [2.24, 2.45) is 4.99 Å². The maximum absolute atomic E-state index is 13.8. The third-order valence-corrected chi connectivity index (χ3v) is 3.76. The van der Waals surface area contributed by atoms with E-state index in [0.717, 1.165) is 16.0 Å². The third kappa shape index (κ3) is 2.42. The van der Waals surface area contributed by atoms with Gasteiger partial charge in [0.25, 0.3) is 5.66 Å². The van der Waals surface area contributed by atoms with Gasteiger partial charge in [0.05, 0.1) is 0 Å². The highest BCUT2D eigenvalue weighted by molar-refractivity contribution is 6.08. The van der Waals surface area contributed by atoms with Crippen molar-refractivity contribution in [3.05, 3.63) is 59.3 Å². The monoisotopic (exact) mass is 321 g/mol. The molecule has 2 aliphatic heterocycles. The van der Waals surface area contributed by atoms with E-state index in [-0.39, 0.29) is 11.4 Å². The minimum Gasteiger partial charge on any atom is -0.301 e. The summed E-state index contributed by atoms with van der Waals surface area (Å²) in [6.07, 6.45) is -0.294. The molecule has 1 atom stereocenters. The molecule has 1 aromatic carbocycles. The number of benzene rings is 1. The van der Waals surface area contributed by atoms with E-state index >= 15 is 0 Å². The summed E-state index contributed by atoms with van der Waals surface area (Å²) < 4.78 is 41.5. The van der Waals surface area contributed by atoms with E-state index in [1.807, 2.05) is 5.32 Å². The SMILES string of the molecule is CC1=CC2=NC(c3ccc(C)cc3)(C(F)(F)F)NC(=O)N2C=C1. The second kappa shape index (κ2) is 4.97. The number of nitrogens with zero attached hydrogens (tertiary/aromatic N) is 2. The Morgan fingerprint density at radius 1 is 1.17 bits per heavy atom. The zero-order valence-electron chi connectivity index (χ0n) is 12.5. The molecule has 0 aliphatic carbocycles. The molecule has 0 radical (unpaired) electrons. The number of allylic oxidation sites excluding steroid dienone is 2. The molecule has 2 heterocycles. The molecule has 120 valence electrons. The van der Waals surface area contributed by atoms with Gasteiger partial charge in [0.2, 0.25) is 0 Å². The van der Waals surface area contributed by atoms with E-state index in [1.165, 1.54) is 24.4 Å². The van der Waals surface area contributed by atoms with Crippen LogP contribution in [0, 0.1) is 6.92 Å². The highest BCUT2D eigenvalue weighted by Crippen LogP contribution is 2.42. The van der Waals surface area contributed by atoms with Crippen molar-refractivity contribution in [3.8, 4) is 0 Å². The van der Waals surface area contributed by atoms with Crippen LogP contribution in [0.1, 0.15) is 18.1 Å². The average Bonchev–Trinajstić information content (AvgIpc) is 2.46. The van der Waals surface area contributed by atoms with Gasteiger partial charge in [-0.05, 0) is 31.6 Å². The summed E-state index contributed by atoms with van der Waals surface area (Å²) >= 11 is 0. The van der Waals surface area contributed by atoms with Crippen LogP contribution < -0.4 is 5.32 Å². The Morgan fingerprint density at radius 3 is 2.43 bits per heavy atom. The largest absolute Gasteiger partial charge is 0.436 e. The van der Waals surface area contributed by atoms with Gasteiger partial charge in [0.15, 0.2) is 0 Å².